The molecule has 1 fully saturated rings. The number of carboxylic acid groups (broad SMARTS) is 1. The van der Waals surface area contributed by atoms with E-state index in [1.54, 1.807) is 4.90 Å². The third-order valence-electron chi connectivity index (χ3n) is 4.75. The highest BCUT2D eigenvalue weighted by molar-refractivity contribution is 5.80. The van der Waals surface area contributed by atoms with Gasteiger partial charge in [-0.3, -0.25) is 14.4 Å². The van der Waals surface area contributed by atoms with Crippen LogP contribution < -0.4 is 5.32 Å². The molecule has 7 nitrogen and oxygen atoms in total. The van der Waals surface area contributed by atoms with Crippen LogP contribution >= 0.6 is 0 Å². The van der Waals surface area contributed by atoms with E-state index >= 15 is 0 Å². The van der Waals surface area contributed by atoms with E-state index in [2.05, 4.69) is 5.32 Å². The lowest BCUT2D eigenvalue weighted by atomic mass is 10.00. The van der Waals surface area contributed by atoms with Crippen LogP contribution in [0.2, 0.25) is 0 Å². The molecule has 1 atom stereocenters. The summed E-state index contributed by atoms with van der Waals surface area (Å²) in [5, 5.41) is 11.9. The van der Waals surface area contributed by atoms with Gasteiger partial charge in [-0.1, -0.05) is 29.8 Å². The first-order valence-electron chi connectivity index (χ1n) is 9.29. The van der Waals surface area contributed by atoms with Crippen molar-refractivity contribution < 1.29 is 24.2 Å². The van der Waals surface area contributed by atoms with Crippen LogP contribution in [0.15, 0.2) is 24.3 Å². The Hall–Kier alpha value is -2.41. The first kappa shape index (κ1) is 20.9. The van der Waals surface area contributed by atoms with Crippen molar-refractivity contribution in [2.75, 3.05) is 19.8 Å². The van der Waals surface area contributed by atoms with Gasteiger partial charge in [0.2, 0.25) is 11.8 Å². The number of carboxylic acids is 1. The number of nitrogens with one attached hydrogen (secondary N) is 1. The van der Waals surface area contributed by atoms with Gasteiger partial charge < -0.3 is 20.1 Å². The summed E-state index contributed by atoms with van der Waals surface area (Å²) in [5.74, 6) is -1.30. The number of rotatable bonds is 8. The molecule has 1 aromatic carbocycles. The monoisotopic (exact) mass is 376 g/mol. The van der Waals surface area contributed by atoms with Crippen LogP contribution in [-0.4, -0.2) is 53.6 Å². The fourth-order valence-corrected chi connectivity index (χ4v) is 3.31. The van der Waals surface area contributed by atoms with Crippen LogP contribution in [0.1, 0.15) is 49.8 Å². The lowest BCUT2D eigenvalue weighted by molar-refractivity contribution is -0.140. The topological polar surface area (TPSA) is 95.9 Å². The molecule has 1 saturated heterocycles. The summed E-state index contributed by atoms with van der Waals surface area (Å²) in [4.78, 5) is 37.3. The second-order valence-electron chi connectivity index (χ2n) is 6.94. The third kappa shape index (κ3) is 6.67. The molecular formula is C20H28N2O5. The van der Waals surface area contributed by atoms with E-state index in [1.165, 1.54) is 6.92 Å². The molecule has 0 radical (unpaired) electrons. The quantitative estimate of drug-likeness (QED) is 0.724. The molecule has 0 bridgehead atoms. The number of carbonyl (C=O) groups excluding carboxylic acids is 2. The minimum Gasteiger partial charge on any atom is -0.481 e. The van der Waals surface area contributed by atoms with Gasteiger partial charge in [0, 0.05) is 32.7 Å². The van der Waals surface area contributed by atoms with Gasteiger partial charge >= 0.3 is 5.97 Å². The molecule has 1 aliphatic heterocycles. The Morgan fingerprint density at radius 3 is 2.41 bits per heavy atom. The zero-order valence-electron chi connectivity index (χ0n) is 15.9. The van der Waals surface area contributed by atoms with Gasteiger partial charge in [-0.15, -0.1) is 0 Å². The van der Waals surface area contributed by atoms with Crippen molar-refractivity contribution in [3.8, 4) is 0 Å². The molecule has 0 aliphatic carbocycles. The molecule has 2 amide bonds. The zero-order valence-corrected chi connectivity index (χ0v) is 15.9. The number of amides is 2. The molecule has 27 heavy (non-hydrogen) atoms. The van der Waals surface area contributed by atoms with E-state index in [9.17, 15) is 14.4 Å². The van der Waals surface area contributed by atoms with Crippen LogP contribution in [0.5, 0.6) is 0 Å². The van der Waals surface area contributed by atoms with Crippen LogP contribution in [0.3, 0.4) is 0 Å². The molecule has 1 aliphatic rings. The molecular weight excluding hydrogens is 348 g/mol. The maximum Gasteiger partial charge on any atom is 0.305 e. The second-order valence-corrected chi connectivity index (χ2v) is 6.94. The SMILES string of the molecule is CC(=O)NC(CC(=O)N(CCC(=O)O)C1CCOCC1)c1ccc(C)cc1. The second kappa shape index (κ2) is 10.1. The number of benzene rings is 1. The number of nitrogens with zero attached hydrogens (tertiary/aromatic N) is 1. The van der Waals surface area contributed by atoms with Crippen molar-refractivity contribution in [3.05, 3.63) is 35.4 Å². The summed E-state index contributed by atoms with van der Waals surface area (Å²) in [5.41, 5.74) is 1.95. The van der Waals surface area contributed by atoms with Crippen LogP contribution in [-0.2, 0) is 19.1 Å². The predicted molar refractivity (Wildman–Crippen MR) is 100 cm³/mol. The van der Waals surface area contributed by atoms with Crippen LogP contribution in [0.25, 0.3) is 0 Å². The summed E-state index contributed by atoms with van der Waals surface area (Å²) in [6, 6.07) is 7.22. The van der Waals surface area contributed by atoms with E-state index in [-0.39, 0.29) is 37.2 Å². The standard InChI is InChI=1S/C20H28N2O5/c1-14-3-5-16(6-4-14)18(21-15(2)23)13-19(24)22(10-7-20(25)26)17-8-11-27-12-9-17/h3-6,17-18H,7-13H2,1-2H3,(H,21,23)(H,25,26). The Labute approximate surface area is 159 Å². The number of aryl methyl sites for hydroxylation is 1. The van der Waals surface area contributed by atoms with Gasteiger partial charge in [0.25, 0.3) is 0 Å². The average Bonchev–Trinajstić information content (AvgIpc) is 2.62. The summed E-state index contributed by atoms with van der Waals surface area (Å²) in [7, 11) is 0. The maximum absolute atomic E-state index is 13.0. The van der Waals surface area contributed by atoms with Crippen molar-refractivity contribution >= 4 is 17.8 Å². The maximum atomic E-state index is 13.0. The molecule has 1 unspecified atom stereocenters. The molecule has 148 valence electrons. The molecule has 2 rings (SSSR count). The first-order chi connectivity index (χ1) is 12.9. The molecule has 0 aromatic heterocycles. The lowest BCUT2D eigenvalue weighted by Crippen LogP contribution is -2.45. The number of ether oxygens (including phenoxy) is 1. The van der Waals surface area contributed by atoms with Gasteiger partial charge in [0.1, 0.15) is 0 Å². The van der Waals surface area contributed by atoms with Crippen LogP contribution in [0, 0.1) is 6.92 Å². The summed E-state index contributed by atoms with van der Waals surface area (Å²) in [6.45, 7) is 4.69. The zero-order chi connectivity index (χ0) is 19.8. The van der Waals surface area contributed by atoms with Crippen molar-refractivity contribution in [2.45, 2.75) is 51.6 Å². The van der Waals surface area contributed by atoms with Gasteiger partial charge in [0.05, 0.1) is 18.9 Å². The number of aliphatic carboxylic acids is 1. The largest absolute Gasteiger partial charge is 0.481 e. The Morgan fingerprint density at radius 2 is 1.85 bits per heavy atom. The Kier molecular flexibility index (Phi) is 7.79. The van der Waals surface area contributed by atoms with E-state index in [1.807, 2.05) is 31.2 Å². The van der Waals surface area contributed by atoms with Gasteiger partial charge in [0.15, 0.2) is 0 Å². The van der Waals surface area contributed by atoms with Crippen LogP contribution in [0.4, 0.5) is 0 Å². The molecule has 0 saturated carbocycles. The van der Waals surface area contributed by atoms with Crippen molar-refractivity contribution in [1.82, 2.24) is 10.2 Å². The average molecular weight is 376 g/mol. The Morgan fingerprint density at radius 1 is 1.22 bits per heavy atom. The fourth-order valence-electron chi connectivity index (χ4n) is 3.31. The number of carbonyl (C=O) groups is 3. The lowest BCUT2D eigenvalue weighted by Gasteiger charge is -2.35. The van der Waals surface area contributed by atoms with E-state index in [0.717, 1.165) is 11.1 Å². The number of hydrogen-bond acceptors (Lipinski definition) is 4. The summed E-state index contributed by atoms with van der Waals surface area (Å²) >= 11 is 0. The van der Waals surface area contributed by atoms with E-state index in [0.29, 0.717) is 26.1 Å². The van der Waals surface area contributed by atoms with Crippen molar-refractivity contribution in [1.29, 1.82) is 0 Å². The minimum absolute atomic E-state index is 0.0263. The molecule has 0 spiro atoms. The van der Waals surface area contributed by atoms with Crippen molar-refractivity contribution in [2.24, 2.45) is 0 Å². The third-order valence-corrected chi connectivity index (χ3v) is 4.75. The van der Waals surface area contributed by atoms with Gasteiger partial charge in [-0.25, -0.2) is 0 Å². The Bertz CT molecular complexity index is 653. The predicted octanol–water partition coefficient (Wildman–Crippen LogP) is 2.04. The first-order valence-corrected chi connectivity index (χ1v) is 9.29. The van der Waals surface area contributed by atoms with Gasteiger partial charge in [-0.2, -0.15) is 0 Å². The smallest absolute Gasteiger partial charge is 0.305 e. The molecule has 7 heteroatoms. The highest BCUT2D eigenvalue weighted by atomic mass is 16.5. The van der Waals surface area contributed by atoms with E-state index < -0.39 is 12.0 Å². The van der Waals surface area contributed by atoms with Gasteiger partial charge in [-0.05, 0) is 25.3 Å². The summed E-state index contributed by atoms with van der Waals surface area (Å²) in [6.07, 6.45) is 1.39. The highest BCUT2D eigenvalue weighted by Crippen LogP contribution is 2.22. The minimum atomic E-state index is -0.934. The molecule has 1 aromatic rings. The normalized spacial score (nSPS) is 15.8. The fraction of sp³-hybridized carbons (Fsp3) is 0.550. The van der Waals surface area contributed by atoms with Crippen molar-refractivity contribution in [3.63, 3.8) is 0 Å². The Balaban J connectivity index is 2.15. The van der Waals surface area contributed by atoms with E-state index in [4.69, 9.17) is 9.84 Å². The highest BCUT2D eigenvalue weighted by Gasteiger charge is 2.28. The molecule has 1 heterocycles. The summed E-state index contributed by atoms with van der Waals surface area (Å²) < 4.78 is 5.36. The number of hydrogen-bond donors (Lipinski definition) is 2. The molecule has 2 N–H and O–H groups in total.